The van der Waals surface area contributed by atoms with Crippen LogP contribution in [0.5, 0.6) is 6.01 Å². The summed E-state index contributed by atoms with van der Waals surface area (Å²) >= 11 is 0. The third kappa shape index (κ3) is 2.35. The second-order valence-corrected chi connectivity index (χ2v) is 4.07. The van der Waals surface area contributed by atoms with Crippen molar-refractivity contribution in [1.29, 1.82) is 0 Å². The summed E-state index contributed by atoms with van der Waals surface area (Å²) in [6.45, 7) is 0. The summed E-state index contributed by atoms with van der Waals surface area (Å²) in [5.74, 6) is 0.461. The molecule has 12 nitrogen and oxygen atoms in total. The normalized spacial score (nSPS) is 10.5. The third-order valence-corrected chi connectivity index (χ3v) is 2.64. The molecule has 0 bridgehead atoms. The highest BCUT2D eigenvalue weighted by Crippen LogP contribution is 2.14. The van der Waals surface area contributed by atoms with E-state index in [1.54, 1.807) is 0 Å². The van der Waals surface area contributed by atoms with E-state index in [4.69, 9.17) is 16.6 Å². The summed E-state index contributed by atoms with van der Waals surface area (Å²) in [5, 5.41) is 8.87. The second-order valence-electron chi connectivity index (χ2n) is 4.07. The molecule has 0 saturated carbocycles. The lowest BCUT2D eigenvalue weighted by atomic mass is 10.5. The van der Waals surface area contributed by atoms with Gasteiger partial charge in [-0.15, -0.1) is 0 Å². The van der Waals surface area contributed by atoms with Crippen molar-refractivity contribution in [2.24, 2.45) is 0 Å². The van der Waals surface area contributed by atoms with Crippen LogP contribution >= 0.6 is 0 Å². The van der Waals surface area contributed by atoms with Crippen LogP contribution in [-0.4, -0.2) is 45.0 Å². The zero-order chi connectivity index (χ0) is 15.7. The summed E-state index contributed by atoms with van der Waals surface area (Å²) in [6.07, 6.45) is 2.87. The van der Waals surface area contributed by atoms with Gasteiger partial charge in [0.05, 0.1) is 12.7 Å². The number of nitrogens with two attached hydrogens (primary N) is 2. The fourth-order valence-corrected chi connectivity index (χ4v) is 1.72. The van der Waals surface area contributed by atoms with Crippen molar-refractivity contribution >= 4 is 34.0 Å². The van der Waals surface area contributed by atoms with Gasteiger partial charge in [-0.2, -0.15) is 15.0 Å². The Balaban J connectivity index is 0.000000131. The van der Waals surface area contributed by atoms with E-state index in [1.807, 2.05) is 0 Å². The Hall–Kier alpha value is -3.70. The lowest BCUT2D eigenvalue weighted by molar-refractivity contribution is 0.433. The molecule has 0 aliphatic rings. The van der Waals surface area contributed by atoms with Crippen LogP contribution in [0.4, 0.5) is 11.6 Å². The standard InChI is InChI=1S/2C5H5N5O/c2*6-3-2-4(8-1-7-2)10-5(11)9-3/h2*1H,(H4,6,7,8,9,10,11). The monoisotopic (exact) mass is 302 g/mol. The average Bonchev–Trinajstić information content (AvgIpc) is 3.07. The van der Waals surface area contributed by atoms with Crippen LogP contribution in [0.2, 0.25) is 0 Å². The molecule has 112 valence electrons. The first kappa shape index (κ1) is 13.3. The minimum atomic E-state index is -0.484. The molecule has 4 rings (SSSR count). The van der Waals surface area contributed by atoms with E-state index in [-0.39, 0.29) is 17.6 Å². The maximum atomic E-state index is 10.7. The highest BCUT2D eigenvalue weighted by atomic mass is 16.3. The smallest absolute Gasteiger partial charge is 0.348 e. The first-order valence-corrected chi connectivity index (χ1v) is 5.89. The van der Waals surface area contributed by atoms with Crippen LogP contribution in [0.1, 0.15) is 0 Å². The van der Waals surface area contributed by atoms with Crippen LogP contribution in [0.3, 0.4) is 0 Å². The summed E-state index contributed by atoms with van der Waals surface area (Å²) in [6, 6.07) is -0.359. The number of anilines is 2. The quantitative estimate of drug-likeness (QED) is 0.232. The molecule has 4 heterocycles. The predicted octanol–water partition coefficient (Wildman–Crippen LogP) is -1.13. The highest BCUT2D eigenvalue weighted by molar-refractivity contribution is 5.81. The van der Waals surface area contributed by atoms with Gasteiger partial charge in [0.1, 0.15) is 16.9 Å². The number of imidazole rings is 2. The van der Waals surface area contributed by atoms with Gasteiger partial charge in [-0.25, -0.2) is 14.8 Å². The third-order valence-electron chi connectivity index (χ3n) is 2.64. The number of H-pyrrole nitrogens is 3. The number of aromatic amines is 3. The van der Waals surface area contributed by atoms with Gasteiger partial charge in [-0.1, -0.05) is 0 Å². The summed E-state index contributed by atoms with van der Waals surface area (Å²) in [7, 11) is 0. The van der Waals surface area contributed by atoms with E-state index in [1.165, 1.54) is 12.7 Å². The number of hydrogen-bond donors (Lipinski definition) is 6. The Morgan fingerprint density at radius 3 is 2.32 bits per heavy atom. The lowest BCUT2D eigenvalue weighted by Gasteiger charge is -1.93. The van der Waals surface area contributed by atoms with Crippen LogP contribution in [0, 0.1) is 0 Å². The van der Waals surface area contributed by atoms with Gasteiger partial charge in [0.25, 0.3) is 0 Å². The molecule has 0 saturated heterocycles. The molecule has 4 aromatic rings. The van der Waals surface area contributed by atoms with E-state index in [9.17, 15) is 4.79 Å². The molecule has 4 aromatic heterocycles. The zero-order valence-corrected chi connectivity index (χ0v) is 10.9. The van der Waals surface area contributed by atoms with E-state index < -0.39 is 5.69 Å². The largest absolute Gasteiger partial charge is 0.479 e. The summed E-state index contributed by atoms with van der Waals surface area (Å²) < 4.78 is 0. The van der Waals surface area contributed by atoms with Crippen LogP contribution in [0.15, 0.2) is 17.4 Å². The molecule has 12 heteroatoms. The number of nitrogen functional groups attached to an aromatic ring is 2. The maximum Gasteiger partial charge on any atom is 0.348 e. The second kappa shape index (κ2) is 5.01. The highest BCUT2D eigenvalue weighted by Gasteiger charge is 2.04. The van der Waals surface area contributed by atoms with Gasteiger partial charge in [-0.3, -0.25) is 4.98 Å². The van der Waals surface area contributed by atoms with Crippen molar-refractivity contribution in [3.05, 3.63) is 23.1 Å². The molecule has 0 aliphatic carbocycles. The Morgan fingerprint density at radius 2 is 1.59 bits per heavy atom. The molecule has 0 fully saturated rings. The van der Waals surface area contributed by atoms with Crippen molar-refractivity contribution in [3.63, 3.8) is 0 Å². The van der Waals surface area contributed by atoms with E-state index in [0.29, 0.717) is 22.3 Å². The van der Waals surface area contributed by atoms with Gasteiger partial charge in [-0.05, 0) is 0 Å². The summed E-state index contributed by atoms with van der Waals surface area (Å²) in [5.41, 5.74) is 12.2. The van der Waals surface area contributed by atoms with Crippen molar-refractivity contribution in [2.45, 2.75) is 0 Å². The molecule has 0 radical (unpaired) electrons. The van der Waals surface area contributed by atoms with Crippen molar-refractivity contribution in [1.82, 2.24) is 39.9 Å². The number of fused-ring (bicyclic) bond motifs is 2. The fourth-order valence-electron chi connectivity index (χ4n) is 1.72. The van der Waals surface area contributed by atoms with Gasteiger partial charge in [0.15, 0.2) is 17.1 Å². The number of hydrogen-bond acceptors (Lipinski definition) is 9. The molecular weight excluding hydrogens is 292 g/mol. The Morgan fingerprint density at radius 1 is 0.955 bits per heavy atom. The molecule has 0 unspecified atom stereocenters. The molecule has 0 aromatic carbocycles. The lowest BCUT2D eigenvalue weighted by Crippen LogP contribution is -2.12. The Labute approximate surface area is 120 Å². The number of nitrogens with zero attached hydrogens (tertiary/aromatic N) is 5. The van der Waals surface area contributed by atoms with Crippen LogP contribution < -0.4 is 17.2 Å². The van der Waals surface area contributed by atoms with Gasteiger partial charge >= 0.3 is 11.7 Å². The molecule has 0 amide bonds. The zero-order valence-electron chi connectivity index (χ0n) is 10.9. The first-order valence-electron chi connectivity index (χ1n) is 5.89. The topological polar surface area (TPSA) is 201 Å². The van der Waals surface area contributed by atoms with E-state index in [2.05, 4.69) is 39.9 Å². The van der Waals surface area contributed by atoms with Crippen LogP contribution in [-0.2, 0) is 0 Å². The minimum Gasteiger partial charge on any atom is -0.479 e. The molecule has 22 heavy (non-hydrogen) atoms. The van der Waals surface area contributed by atoms with E-state index >= 15 is 0 Å². The Kier molecular flexibility index (Phi) is 3.02. The van der Waals surface area contributed by atoms with Crippen molar-refractivity contribution < 1.29 is 5.11 Å². The molecule has 8 N–H and O–H groups in total. The fraction of sp³-hybridized carbons (Fsp3) is 0. The molecular formula is C10H10N10O2. The minimum absolute atomic E-state index is 0.199. The molecule has 0 atom stereocenters. The maximum absolute atomic E-state index is 10.7. The van der Waals surface area contributed by atoms with Crippen molar-refractivity contribution in [2.75, 3.05) is 11.5 Å². The van der Waals surface area contributed by atoms with Crippen molar-refractivity contribution in [3.8, 4) is 6.01 Å². The van der Waals surface area contributed by atoms with Gasteiger partial charge < -0.3 is 26.5 Å². The summed E-state index contributed by atoms with van der Waals surface area (Å²) in [4.78, 5) is 36.8. The number of aromatic nitrogens is 8. The van der Waals surface area contributed by atoms with Gasteiger partial charge in [0, 0.05) is 0 Å². The number of aromatic hydroxyl groups is 1. The predicted molar refractivity (Wildman–Crippen MR) is 76.7 cm³/mol. The molecule has 0 aliphatic heterocycles. The molecule has 0 spiro atoms. The Bertz CT molecular complexity index is 1000. The number of nitrogens with one attached hydrogen (secondary N) is 3. The van der Waals surface area contributed by atoms with E-state index in [0.717, 1.165) is 0 Å². The number of rotatable bonds is 0. The SMILES string of the molecule is Nc1[nH]c(=O)nc2nc[nH]c12.Nc1nc(O)nc2nc[nH]c12. The average molecular weight is 302 g/mol. The first-order chi connectivity index (χ1) is 10.5. The van der Waals surface area contributed by atoms with Crippen LogP contribution in [0.25, 0.3) is 22.3 Å². The van der Waals surface area contributed by atoms with Gasteiger partial charge in [0.2, 0.25) is 0 Å².